The Kier molecular flexibility index (Phi) is 9.54. The van der Waals surface area contributed by atoms with Crippen molar-refractivity contribution in [2.45, 2.75) is 50.0 Å². The Morgan fingerprint density at radius 2 is 1.57 bits per heavy atom. The molecule has 5 atom stereocenters. The average molecular weight is 650 g/mol. The second-order valence-electron chi connectivity index (χ2n) is 11.5. The molecule has 3 aromatic carbocycles. The molecule has 0 bridgehead atoms. The quantitative estimate of drug-likeness (QED) is 0.159. The molecule has 0 saturated carbocycles. The maximum absolute atomic E-state index is 14.0. The lowest BCUT2D eigenvalue weighted by atomic mass is 9.97. The predicted octanol–water partition coefficient (Wildman–Crippen LogP) is 3.64. The number of likely N-dealkylation sites (tertiary alicyclic amines) is 1. The van der Waals surface area contributed by atoms with Crippen molar-refractivity contribution >= 4 is 33.2 Å². The van der Waals surface area contributed by atoms with Gasteiger partial charge in [-0.1, -0.05) is 6.42 Å². The summed E-state index contributed by atoms with van der Waals surface area (Å²) in [6.07, 6.45) is -4.93. The third-order valence-corrected chi connectivity index (χ3v) is 9.53. The zero-order valence-electron chi connectivity index (χ0n) is 24.8. The number of aliphatic carboxylic acids is 1. The third-order valence-electron chi connectivity index (χ3n) is 8.32. The summed E-state index contributed by atoms with van der Waals surface area (Å²) >= 11 is 1.35. The van der Waals surface area contributed by atoms with E-state index in [0.717, 1.165) is 24.3 Å². The van der Waals surface area contributed by atoms with Crippen LogP contribution >= 0.6 is 11.3 Å². The van der Waals surface area contributed by atoms with Crippen molar-refractivity contribution in [1.82, 2.24) is 4.90 Å². The van der Waals surface area contributed by atoms with Crippen LogP contribution in [0.5, 0.6) is 17.2 Å². The van der Waals surface area contributed by atoms with E-state index in [9.17, 15) is 35.1 Å². The van der Waals surface area contributed by atoms with Gasteiger partial charge < -0.3 is 39.7 Å². The van der Waals surface area contributed by atoms with Gasteiger partial charge in [0.05, 0.1) is 0 Å². The number of aliphatic hydroxyl groups is 3. The van der Waals surface area contributed by atoms with Crippen molar-refractivity contribution in [1.29, 1.82) is 0 Å². The number of carboxylic acid groups (broad SMARTS) is 1. The van der Waals surface area contributed by atoms with Gasteiger partial charge in [-0.3, -0.25) is 9.69 Å². The number of benzene rings is 3. The van der Waals surface area contributed by atoms with Crippen LogP contribution in [-0.2, 0) is 9.53 Å². The minimum Gasteiger partial charge on any atom is -0.508 e. The number of fused-ring (bicyclic) bond motifs is 1. The summed E-state index contributed by atoms with van der Waals surface area (Å²) in [5.41, 5.74) is 1.63. The number of hydrogen-bond donors (Lipinski definition) is 5. The first kappa shape index (κ1) is 31.9. The maximum Gasteiger partial charge on any atom is 0.335 e. The number of carbonyl (C=O) groups is 2. The normalized spacial score (nSPS) is 23.7. The summed E-state index contributed by atoms with van der Waals surface area (Å²) in [5, 5.41) is 50.4. The van der Waals surface area contributed by atoms with Crippen molar-refractivity contribution in [2.24, 2.45) is 0 Å². The number of nitrogens with zero attached hydrogens (tertiary/aromatic N) is 1. The molecule has 46 heavy (non-hydrogen) atoms. The molecule has 3 heterocycles. The number of aliphatic hydroxyl groups excluding tert-OH is 3. The van der Waals surface area contributed by atoms with Crippen LogP contribution < -0.4 is 9.47 Å². The highest BCUT2D eigenvalue weighted by Crippen LogP contribution is 2.42. The Balaban J connectivity index is 1.21. The number of thiophene rings is 1. The van der Waals surface area contributed by atoms with Gasteiger partial charge >= 0.3 is 5.97 Å². The number of piperidine rings is 1. The monoisotopic (exact) mass is 649 g/mol. The highest BCUT2D eigenvalue weighted by Gasteiger charge is 2.48. The number of ketones is 1. The fourth-order valence-electron chi connectivity index (χ4n) is 5.80. The van der Waals surface area contributed by atoms with Crippen molar-refractivity contribution in [3.05, 3.63) is 77.9 Å². The van der Waals surface area contributed by atoms with E-state index in [-0.39, 0.29) is 17.3 Å². The van der Waals surface area contributed by atoms with Gasteiger partial charge in [0.25, 0.3) is 0 Å². The Labute approximate surface area is 268 Å². The fraction of sp³-hybridized carbons (Fsp3) is 0.353. The van der Waals surface area contributed by atoms with Gasteiger partial charge in [0.2, 0.25) is 6.29 Å². The fourth-order valence-corrected chi connectivity index (χ4v) is 7.04. The van der Waals surface area contributed by atoms with E-state index >= 15 is 0 Å². The lowest BCUT2D eigenvalue weighted by Crippen LogP contribution is -2.61. The first-order valence-corrected chi connectivity index (χ1v) is 16.0. The first-order valence-electron chi connectivity index (χ1n) is 15.1. The highest BCUT2D eigenvalue weighted by atomic mass is 32.1. The highest BCUT2D eigenvalue weighted by molar-refractivity contribution is 7.22. The van der Waals surface area contributed by atoms with E-state index in [1.807, 2.05) is 0 Å². The van der Waals surface area contributed by atoms with Crippen molar-refractivity contribution in [3.8, 4) is 27.7 Å². The van der Waals surface area contributed by atoms with E-state index < -0.39 is 36.7 Å². The molecule has 2 saturated heterocycles. The molecule has 1 unspecified atom stereocenters. The Hall–Kier alpha value is -4.04. The molecule has 4 aromatic rings. The first-order chi connectivity index (χ1) is 22.2. The molecule has 2 aliphatic heterocycles. The molecule has 1 aromatic heterocycles. The topological polar surface area (TPSA) is 166 Å². The third kappa shape index (κ3) is 6.73. The second-order valence-corrected chi connectivity index (χ2v) is 12.5. The number of carbonyl (C=O) groups excluding carboxylic acids is 1. The lowest BCUT2D eigenvalue weighted by molar-refractivity contribution is -0.271. The summed E-state index contributed by atoms with van der Waals surface area (Å²) in [4.78, 5) is 28.5. The van der Waals surface area contributed by atoms with Gasteiger partial charge in [-0.05, 0) is 98.2 Å². The van der Waals surface area contributed by atoms with Crippen LogP contribution in [-0.4, -0.2) is 99.1 Å². The average Bonchev–Trinajstić information content (AvgIpc) is 3.44. The number of aromatic hydroxyl groups is 1. The summed E-state index contributed by atoms with van der Waals surface area (Å²) in [5.74, 6) is -0.744. The van der Waals surface area contributed by atoms with Crippen LogP contribution in [0, 0.1) is 0 Å². The molecule has 0 amide bonds. The number of hydrogen-bond acceptors (Lipinski definition) is 11. The predicted molar refractivity (Wildman–Crippen MR) is 170 cm³/mol. The molecule has 11 nitrogen and oxygen atoms in total. The summed E-state index contributed by atoms with van der Waals surface area (Å²) < 4.78 is 17.5. The van der Waals surface area contributed by atoms with Crippen LogP contribution in [0.2, 0.25) is 0 Å². The Morgan fingerprint density at radius 3 is 2.26 bits per heavy atom. The van der Waals surface area contributed by atoms with Gasteiger partial charge in [-0.15, -0.1) is 11.3 Å². The number of ether oxygens (including phenoxy) is 3. The van der Waals surface area contributed by atoms with Crippen LogP contribution in [0.25, 0.3) is 20.5 Å². The summed E-state index contributed by atoms with van der Waals surface area (Å²) in [7, 11) is 0. The molecule has 6 rings (SSSR count). The summed E-state index contributed by atoms with van der Waals surface area (Å²) in [6.45, 7) is 3.64. The van der Waals surface area contributed by atoms with Gasteiger partial charge in [0.1, 0.15) is 42.2 Å². The molecule has 2 aliphatic rings. The summed E-state index contributed by atoms with van der Waals surface area (Å²) in [6, 6.07) is 18.5. The maximum atomic E-state index is 14.0. The SMILES string of the molecule is O=C(c1ccc(OCCN2CCCCC2)cc1)c1c(-c2ccc(OC3O[C@H](C(=O)O)[C@@H](O)[C@H](O)[C@H]3O)cc2)sc2cc(O)ccc12. The molecule has 0 spiro atoms. The zero-order chi connectivity index (χ0) is 32.4. The van der Waals surface area contributed by atoms with E-state index in [1.165, 1.54) is 36.7 Å². The number of carboxylic acids is 1. The Morgan fingerprint density at radius 1 is 0.870 bits per heavy atom. The minimum absolute atomic E-state index is 0.0760. The number of phenols is 1. The molecule has 5 N–H and O–H groups in total. The van der Waals surface area contributed by atoms with E-state index in [0.29, 0.717) is 39.3 Å². The standard InChI is InChI=1S/C34H35NO10S/c36-21-8-13-24-25(18-21)46-32(20-6-11-23(12-7-20)44-34-30(40)28(38)29(39)31(45-34)33(41)42)26(24)27(37)19-4-9-22(10-5-19)43-17-16-35-14-2-1-3-15-35/h4-13,18,28-31,34,36,38-40H,1-3,14-17H2,(H,41,42)/t28-,29-,30+,31-,34?/m0/s1. The van der Waals surface area contributed by atoms with Gasteiger partial charge in [-0.2, -0.15) is 0 Å². The van der Waals surface area contributed by atoms with E-state index in [1.54, 1.807) is 60.7 Å². The van der Waals surface area contributed by atoms with Crippen molar-refractivity contribution in [3.63, 3.8) is 0 Å². The van der Waals surface area contributed by atoms with Crippen molar-refractivity contribution in [2.75, 3.05) is 26.2 Å². The van der Waals surface area contributed by atoms with Crippen LogP contribution in [0.4, 0.5) is 0 Å². The largest absolute Gasteiger partial charge is 0.508 e. The van der Waals surface area contributed by atoms with Crippen LogP contribution in [0.3, 0.4) is 0 Å². The number of rotatable bonds is 10. The smallest absolute Gasteiger partial charge is 0.335 e. The molecule has 0 radical (unpaired) electrons. The lowest BCUT2D eigenvalue weighted by Gasteiger charge is -2.38. The van der Waals surface area contributed by atoms with Crippen molar-refractivity contribution < 1.29 is 49.3 Å². The Bertz CT molecular complexity index is 1680. The zero-order valence-corrected chi connectivity index (χ0v) is 25.6. The minimum atomic E-state index is -1.83. The van der Waals surface area contributed by atoms with Gasteiger partial charge in [0.15, 0.2) is 11.9 Å². The molecular formula is C34H35NO10S. The molecule has 0 aliphatic carbocycles. The van der Waals surface area contributed by atoms with E-state index in [2.05, 4.69) is 4.90 Å². The molecule has 2 fully saturated rings. The molecular weight excluding hydrogens is 614 g/mol. The molecule has 242 valence electrons. The van der Waals surface area contributed by atoms with Crippen LogP contribution in [0.15, 0.2) is 66.7 Å². The van der Waals surface area contributed by atoms with Gasteiger partial charge in [0, 0.05) is 32.6 Å². The van der Waals surface area contributed by atoms with Gasteiger partial charge in [-0.25, -0.2) is 4.79 Å². The van der Waals surface area contributed by atoms with E-state index in [4.69, 9.17) is 14.2 Å². The van der Waals surface area contributed by atoms with Crippen LogP contribution in [0.1, 0.15) is 35.2 Å². The molecule has 12 heteroatoms. The second kappa shape index (κ2) is 13.8. The number of phenolic OH excluding ortho intramolecular Hbond substituents is 1.